The Morgan fingerprint density at radius 1 is 1.67 bits per heavy atom. The highest BCUT2D eigenvalue weighted by atomic mass is 32.1. The van der Waals surface area contributed by atoms with Crippen LogP contribution in [-0.4, -0.2) is 17.8 Å². The molecule has 0 saturated carbocycles. The van der Waals surface area contributed by atoms with Crippen molar-refractivity contribution in [1.82, 2.24) is 10.3 Å². The fourth-order valence-corrected chi connectivity index (χ4v) is 1.87. The van der Waals surface area contributed by atoms with Crippen molar-refractivity contribution < 1.29 is 4.79 Å². The van der Waals surface area contributed by atoms with Crippen LogP contribution in [0, 0.1) is 6.92 Å². The number of aryl methyl sites for hydroxylation is 1. The minimum atomic E-state index is 0.0467. The van der Waals surface area contributed by atoms with Crippen LogP contribution >= 0.6 is 11.3 Å². The van der Waals surface area contributed by atoms with Gasteiger partial charge in [-0.25, -0.2) is 4.98 Å². The highest BCUT2D eigenvalue weighted by Crippen LogP contribution is 2.17. The number of nitrogens with zero attached hydrogens (tertiary/aromatic N) is 1. The van der Waals surface area contributed by atoms with Crippen molar-refractivity contribution in [2.45, 2.75) is 20.4 Å². The van der Waals surface area contributed by atoms with Crippen LogP contribution in [0.5, 0.6) is 0 Å². The average molecular weight is 184 g/mol. The van der Waals surface area contributed by atoms with Crippen LogP contribution < -0.4 is 5.32 Å². The van der Waals surface area contributed by atoms with Crippen molar-refractivity contribution in [3.63, 3.8) is 0 Å². The average Bonchev–Trinajstić information content (AvgIpc) is 2.34. The Balaban J connectivity index is 2.92. The number of rotatable bonds is 3. The molecule has 0 saturated heterocycles. The molecular formula is C8H12N2OS. The highest BCUT2D eigenvalue weighted by molar-refractivity contribution is 7.13. The topological polar surface area (TPSA) is 42.0 Å². The maximum Gasteiger partial charge on any atom is 0.188 e. The third kappa shape index (κ3) is 1.89. The van der Waals surface area contributed by atoms with Crippen LogP contribution in [0.4, 0.5) is 0 Å². The zero-order chi connectivity index (χ0) is 9.14. The zero-order valence-corrected chi connectivity index (χ0v) is 8.29. The van der Waals surface area contributed by atoms with Crippen LogP contribution in [0.15, 0.2) is 0 Å². The Labute approximate surface area is 75.8 Å². The summed E-state index contributed by atoms with van der Waals surface area (Å²) < 4.78 is 0. The van der Waals surface area contributed by atoms with Gasteiger partial charge in [0.1, 0.15) is 0 Å². The molecule has 4 heteroatoms. The van der Waals surface area contributed by atoms with Gasteiger partial charge in [-0.3, -0.25) is 4.79 Å². The van der Waals surface area contributed by atoms with E-state index in [1.54, 1.807) is 6.92 Å². The molecule has 0 aromatic carbocycles. The Morgan fingerprint density at radius 3 is 2.75 bits per heavy atom. The van der Waals surface area contributed by atoms with Crippen LogP contribution in [0.1, 0.15) is 27.3 Å². The fraction of sp³-hybridized carbons (Fsp3) is 0.500. The molecule has 0 fully saturated rings. The molecule has 0 radical (unpaired) electrons. The van der Waals surface area contributed by atoms with E-state index in [0.29, 0.717) is 5.01 Å². The summed E-state index contributed by atoms with van der Waals surface area (Å²) >= 11 is 1.47. The van der Waals surface area contributed by atoms with Gasteiger partial charge in [0.2, 0.25) is 0 Å². The van der Waals surface area contributed by atoms with Gasteiger partial charge in [-0.1, -0.05) is 0 Å². The van der Waals surface area contributed by atoms with Gasteiger partial charge in [0, 0.05) is 18.3 Å². The molecule has 1 aromatic rings. The zero-order valence-electron chi connectivity index (χ0n) is 7.47. The largest absolute Gasteiger partial charge is 0.315 e. The summed E-state index contributed by atoms with van der Waals surface area (Å²) in [7, 11) is 1.88. The first-order chi connectivity index (χ1) is 5.65. The normalized spacial score (nSPS) is 10.2. The van der Waals surface area contributed by atoms with E-state index in [-0.39, 0.29) is 5.78 Å². The Kier molecular flexibility index (Phi) is 2.94. The summed E-state index contributed by atoms with van der Waals surface area (Å²) in [5.41, 5.74) is 0.958. The SMILES string of the molecule is CNCc1sc(C(C)=O)nc1C. The summed E-state index contributed by atoms with van der Waals surface area (Å²) in [5.74, 6) is 0.0467. The molecule has 1 N–H and O–H groups in total. The molecule has 0 spiro atoms. The molecular weight excluding hydrogens is 172 g/mol. The standard InChI is InChI=1S/C8H12N2OS/c1-5-7(4-9-3)12-8(10-5)6(2)11/h9H,4H2,1-3H3. The minimum Gasteiger partial charge on any atom is -0.315 e. The third-order valence-electron chi connectivity index (χ3n) is 1.53. The number of thiazole rings is 1. The van der Waals surface area contributed by atoms with Gasteiger partial charge in [0.05, 0.1) is 5.69 Å². The first-order valence-corrected chi connectivity index (χ1v) is 4.58. The van der Waals surface area contributed by atoms with Crippen molar-refractivity contribution >= 4 is 17.1 Å². The number of ketones is 1. The van der Waals surface area contributed by atoms with E-state index >= 15 is 0 Å². The summed E-state index contributed by atoms with van der Waals surface area (Å²) in [5, 5.41) is 3.65. The second-order valence-electron chi connectivity index (χ2n) is 2.61. The molecule has 0 aliphatic heterocycles. The fourth-order valence-electron chi connectivity index (χ4n) is 0.903. The Hall–Kier alpha value is -0.740. The number of hydrogen-bond donors (Lipinski definition) is 1. The molecule has 0 aliphatic carbocycles. The van der Waals surface area contributed by atoms with Crippen LogP contribution in [0.2, 0.25) is 0 Å². The molecule has 0 aliphatic rings. The lowest BCUT2D eigenvalue weighted by molar-refractivity contribution is 0.101. The molecule has 0 unspecified atom stereocenters. The lowest BCUT2D eigenvalue weighted by atomic mass is 10.4. The smallest absolute Gasteiger partial charge is 0.188 e. The number of nitrogens with one attached hydrogen (secondary N) is 1. The van der Waals surface area contributed by atoms with E-state index < -0.39 is 0 Å². The Morgan fingerprint density at radius 2 is 2.33 bits per heavy atom. The van der Waals surface area contributed by atoms with Crippen LogP contribution in [0.3, 0.4) is 0 Å². The van der Waals surface area contributed by atoms with Crippen molar-refractivity contribution in [3.8, 4) is 0 Å². The van der Waals surface area contributed by atoms with E-state index in [0.717, 1.165) is 17.1 Å². The monoisotopic (exact) mass is 184 g/mol. The maximum absolute atomic E-state index is 10.9. The molecule has 12 heavy (non-hydrogen) atoms. The van der Waals surface area contributed by atoms with E-state index in [1.807, 2.05) is 14.0 Å². The van der Waals surface area contributed by atoms with E-state index in [9.17, 15) is 4.79 Å². The number of carbonyl (C=O) groups is 1. The predicted octanol–water partition coefficient (Wildman–Crippen LogP) is 1.37. The van der Waals surface area contributed by atoms with Crippen molar-refractivity contribution in [2.24, 2.45) is 0 Å². The lowest BCUT2D eigenvalue weighted by Crippen LogP contribution is -2.04. The second-order valence-corrected chi connectivity index (χ2v) is 3.70. The molecule has 66 valence electrons. The summed E-state index contributed by atoms with van der Waals surface area (Å²) in [6.07, 6.45) is 0. The molecule has 1 rings (SSSR count). The Bertz CT molecular complexity index is 293. The van der Waals surface area contributed by atoms with Gasteiger partial charge in [0.25, 0.3) is 0 Å². The van der Waals surface area contributed by atoms with Crippen molar-refractivity contribution in [1.29, 1.82) is 0 Å². The number of carbonyl (C=O) groups excluding carboxylic acids is 1. The van der Waals surface area contributed by atoms with Gasteiger partial charge in [-0.05, 0) is 14.0 Å². The molecule has 1 aromatic heterocycles. The molecule has 0 amide bonds. The first-order valence-electron chi connectivity index (χ1n) is 3.77. The van der Waals surface area contributed by atoms with Crippen LogP contribution in [-0.2, 0) is 6.54 Å². The van der Waals surface area contributed by atoms with Gasteiger partial charge in [-0.2, -0.15) is 0 Å². The third-order valence-corrected chi connectivity index (χ3v) is 2.79. The molecule has 3 nitrogen and oxygen atoms in total. The van der Waals surface area contributed by atoms with Gasteiger partial charge >= 0.3 is 0 Å². The summed E-state index contributed by atoms with van der Waals surface area (Å²) in [4.78, 5) is 16.2. The second kappa shape index (κ2) is 3.78. The minimum absolute atomic E-state index is 0.0467. The lowest BCUT2D eigenvalue weighted by Gasteiger charge is -1.93. The van der Waals surface area contributed by atoms with E-state index in [1.165, 1.54) is 11.3 Å². The number of aromatic nitrogens is 1. The van der Waals surface area contributed by atoms with E-state index in [2.05, 4.69) is 10.3 Å². The van der Waals surface area contributed by atoms with E-state index in [4.69, 9.17) is 0 Å². The maximum atomic E-state index is 10.9. The van der Waals surface area contributed by atoms with Gasteiger partial charge < -0.3 is 5.32 Å². The number of hydrogen-bond acceptors (Lipinski definition) is 4. The first kappa shape index (κ1) is 9.35. The molecule has 1 heterocycles. The van der Waals surface area contributed by atoms with Crippen molar-refractivity contribution in [2.75, 3.05) is 7.05 Å². The number of Topliss-reactive ketones (excluding diaryl/α,β-unsaturated/α-hetero) is 1. The molecule has 0 atom stereocenters. The summed E-state index contributed by atoms with van der Waals surface area (Å²) in [6, 6.07) is 0. The van der Waals surface area contributed by atoms with Gasteiger partial charge in [0.15, 0.2) is 10.8 Å². The quantitative estimate of drug-likeness (QED) is 0.721. The highest BCUT2D eigenvalue weighted by Gasteiger charge is 2.09. The van der Waals surface area contributed by atoms with Crippen LogP contribution in [0.25, 0.3) is 0 Å². The van der Waals surface area contributed by atoms with Crippen molar-refractivity contribution in [3.05, 3.63) is 15.6 Å². The predicted molar refractivity (Wildman–Crippen MR) is 49.6 cm³/mol. The summed E-state index contributed by atoms with van der Waals surface area (Å²) in [6.45, 7) is 4.26. The molecule has 0 bridgehead atoms. The van der Waals surface area contributed by atoms with Gasteiger partial charge in [-0.15, -0.1) is 11.3 Å².